The second kappa shape index (κ2) is 14.5. The first-order valence-electron chi connectivity index (χ1n) is 21.5. The highest BCUT2D eigenvalue weighted by atomic mass is 16.3. The van der Waals surface area contributed by atoms with Gasteiger partial charge in [0, 0.05) is 56.2 Å². The largest absolute Gasteiger partial charge is 0.456 e. The summed E-state index contributed by atoms with van der Waals surface area (Å²) in [6, 6.07) is 70.3. The van der Waals surface area contributed by atoms with Gasteiger partial charge in [0.25, 0.3) is 0 Å². The van der Waals surface area contributed by atoms with Gasteiger partial charge in [0.2, 0.25) is 0 Å². The van der Waals surface area contributed by atoms with E-state index in [-0.39, 0.29) is 0 Å². The Kier molecular flexibility index (Phi) is 8.15. The lowest BCUT2D eigenvalue weighted by Gasteiger charge is -2.14. The van der Waals surface area contributed by atoms with E-state index in [2.05, 4.69) is 193 Å². The maximum atomic E-state index is 6.45. The molecule has 64 heavy (non-hydrogen) atoms. The molecule has 0 aliphatic rings. The van der Waals surface area contributed by atoms with Crippen molar-refractivity contribution in [3.63, 3.8) is 0 Å². The second-order valence-electron chi connectivity index (χ2n) is 16.5. The van der Waals surface area contributed by atoms with Gasteiger partial charge in [-0.05, 0) is 134 Å². The highest BCUT2D eigenvalue weighted by Gasteiger charge is 2.17. The Hall–Kier alpha value is -8.67. The zero-order valence-corrected chi connectivity index (χ0v) is 34.4. The molecular weight excluding hydrogens is 783 g/mol. The quantitative estimate of drug-likeness (QED) is 0.167. The van der Waals surface area contributed by atoms with Crippen LogP contribution < -0.4 is 0 Å². The smallest absolute Gasteiger partial charge is 0.160 e. The molecule has 0 fully saturated rings. The summed E-state index contributed by atoms with van der Waals surface area (Å²) in [5, 5.41) is 9.00. The highest BCUT2D eigenvalue weighted by Crippen LogP contribution is 2.40. The van der Waals surface area contributed by atoms with E-state index in [1.54, 1.807) is 6.20 Å². The fourth-order valence-corrected chi connectivity index (χ4v) is 9.25. The van der Waals surface area contributed by atoms with Crippen LogP contribution in [0.15, 0.2) is 221 Å². The van der Waals surface area contributed by atoms with E-state index in [4.69, 9.17) is 18.8 Å². The van der Waals surface area contributed by atoms with Gasteiger partial charge in [-0.3, -0.25) is 4.98 Å². The topological polar surface area (TPSA) is 65.0 Å². The minimum atomic E-state index is 0.633. The molecule has 4 heterocycles. The maximum Gasteiger partial charge on any atom is 0.160 e. The van der Waals surface area contributed by atoms with Crippen molar-refractivity contribution in [2.75, 3.05) is 0 Å². The molecule has 0 atom stereocenters. The normalized spacial score (nSPS) is 11.8. The molecule has 13 aromatic rings. The molecule has 5 heteroatoms. The fourth-order valence-electron chi connectivity index (χ4n) is 9.25. The van der Waals surface area contributed by atoms with Gasteiger partial charge in [0.1, 0.15) is 22.3 Å². The molecule has 0 N–H and O–H groups in total. The van der Waals surface area contributed by atoms with Crippen LogP contribution in [0.25, 0.3) is 133 Å². The fraction of sp³-hybridized carbons (Fsp3) is 0. The van der Waals surface area contributed by atoms with E-state index in [0.717, 1.165) is 116 Å². The van der Waals surface area contributed by atoms with Crippen LogP contribution >= 0.6 is 0 Å². The summed E-state index contributed by atoms with van der Waals surface area (Å²) in [5.74, 6) is 0.633. The number of fused-ring (bicyclic) bond motifs is 8. The van der Waals surface area contributed by atoms with Gasteiger partial charge >= 0.3 is 0 Å². The lowest BCUT2D eigenvalue weighted by Crippen LogP contribution is -1.97. The Bertz CT molecular complexity index is 3790. The molecule has 298 valence electrons. The molecule has 0 saturated carbocycles. The summed E-state index contributed by atoms with van der Waals surface area (Å²) >= 11 is 0. The van der Waals surface area contributed by atoms with Gasteiger partial charge in [0.05, 0.1) is 11.4 Å². The Morgan fingerprint density at radius 2 is 0.750 bits per heavy atom. The van der Waals surface area contributed by atoms with E-state index in [0.29, 0.717) is 5.82 Å². The molecule has 9 aromatic carbocycles. The molecule has 0 aliphatic carbocycles. The van der Waals surface area contributed by atoms with Crippen LogP contribution in [0.3, 0.4) is 0 Å². The molecule has 0 amide bonds. The average molecular weight is 818 g/mol. The number of hydrogen-bond donors (Lipinski definition) is 0. The summed E-state index contributed by atoms with van der Waals surface area (Å²) in [6.07, 6.45) is 3.69. The third kappa shape index (κ3) is 6.21. The van der Waals surface area contributed by atoms with Crippen molar-refractivity contribution in [3.05, 3.63) is 213 Å². The van der Waals surface area contributed by atoms with E-state index in [9.17, 15) is 0 Å². The second-order valence-corrected chi connectivity index (χ2v) is 16.5. The number of pyridine rings is 1. The monoisotopic (exact) mass is 817 g/mol. The maximum absolute atomic E-state index is 6.45. The van der Waals surface area contributed by atoms with Crippen molar-refractivity contribution in [2.45, 2.75) is 0 Å². The molecule has 0 aliphatic heterocycles. The zero-order chi connectivity index (χ0) is 42.1. The number of furan rings is 2. The SMILES string of the molecule is c1ccc(-c2cc(-c3cccc(-c4cccnc4)c3)nc(-c3cc(-c4ccc5oc6cc7ccccc7cc6c5c4)cc(-c4ccc5oc6cc7ccccc7cc6c5c4)c3)n2)cc1. The molecule has 0 spiro atoms. The van der Waals surface area contributed by atoms with Gasteiger partial charge in [-0.1, -0.05) is 115 Å². The predicted molar refractivity (Wildman–Crippen MR) is 262 cm³/mol. The molecule has 13 rings (SSSR count). The zero-order valence-electron chi connectivity index (χ0n) is 34.4. The van der Waals surface area contributed by atoms with Gasteiger partial charge in [-0.2, -0.15) is 0 Å². The molecule has 0 radical (unpaired) electrons. The summed E-state index contributed by atoms with van der Waals surface area (Å²) in [5.41, 5.74) is 14.4. The Morgan fingerprint density at radius 3 is 1.34 bits per heavy atom. The summed E-state index contributed by atoms with van der Waals surface area (Å²) < 4.78 is 12.9. The summed E-state index contributed by atoms with van der Waals surface area (Å²) in [6.45, 7) is 0. The van der Waals surface area contributed by atoms with Crippen LogP contribution in [-0.2, 0) is 0 Å². The standard InChI is InChI=1S/C59H35N3O2/c1-2-10-36(11-3-1)53-34-54(44-17-8-16-37(24-44)45-18-9-23-60-35-45)62-59(61-53)48-26-46(42-19-21-55-49(30-42)51-28-38-12-4-6-14-40(38)32-57(51)63-55)25-47(27-48)43-20-22-56-50(31-43)52-29-39-13-5-7-15-41(39)33-58(52)64-56/h1-35H. The lowest BCUT2D eigenvalue weighted by atomic mass is 9.94. The van der Waals surface area contributed by atoms with Crippen LogP contribution in [0.5, 0.6) is 0 Å². The summed E-state index contributed by atoms with van der Waals surface area (Å²) in [4.78, 5) is 15.1. The predicted octanol–water partition coefficient (Wildman–Crippen LogP) is 16.0. The van der Waals surface area contributed by atoms with E-state index >= 15 is 0 Å². The lowest BCUT2D eigenvalue weighted by molar-refractivity contribution is 0.669. The molecule has 0 unspecified atom stereocenters. The highest BCUT2D eigenvalue weighted by molar-refractivity contribution is 6.12. The van der Waals surface area contributed by atoms with Crippen LogP contribution in [-0.4, -0.2) is 15.0 Å². The van der Waals surface area contributed by atoms with Crippen molar-refractivity contribution in [2.24, 2.45) is 0 Å². The molecule has 4 aromatic heterocycles. The number of benzene rings is 9. The Balaban J connectivity index is 1.03. The summed E-state index contributed by atoms with van der Waals surface area (Å²) in [7, 11) is 0. The van der Waals surface area contributed by atoms with E-state index in [1.807, 2.05) is 18.3 Å². The average Bonchev–Trinajstić information content (AvgIpc) is 3.91. The minimum Gasteiger partial charge on any atom is -0.456 e. The molecule has 0 saturated heterocycles. The van der Waals surface area contributed by atoms with E-state index in [1.165, 1.54) is 10.8 Å². The molecular formula is C59H35N3O2. The van der Waals surface area contributed by atoms with Gasteiger partial charge in [-0.25, -0.2) is 9.97 Å². The van der Waals surface area contributed by atoms with Crippen molar-refractivity contribution < 1.29 is 8.83 Å². The third-order valence-electron chi connectivity index (χ3n) is 12.5. The van der Waals surface area contributed by atoms with Crippen molar-refractivity contribution in [1.82, 2.24) is 15.0 Å². The Morgan fingerprint density at radius 1 is 0.281 bits per heavy atom. The van der Waals surface area contributed by atoms with Crippen LogP contribution in [0.2, 0.25) is 0 Å². The Labute approximate surface area is 367 Å². The van der Waals surface area contributed by atoms with Crippen LogP contribution in [0.1, 0.15) is 0 Å². The van der Waals surface area contributed by atoms with Gasteiger partial charge < -0.3 is 8.83 Å². The van der Waals surface area contributed by atoms with Crippen molar-refractivity contribution in [1.29, 1.82) is 0 Å². The first kappa shape index (κ1) is 36.0. The number of hydrogen-bond acceptors (Lipinski definition) is 5. The van der Waals surface area contributed by atoms with Crippen molar-refractivity contribution in [3.8, 4) is 67.3 Å². The molecule has 5 nitrogen and oxygen atoms in total. The van der Waals surface area contributed by atoms with Gasteiger partial charge in [0.15, 0.2) is 5.82 Å². The number of rotatable bonds is 6. The first-order chi connectivity index (χ1) is 31.6. The number of aromatic nitrogens is 3. The first-order valence-corrected chi connectivity index (χ1v) is 21.5. The molecule has 0 bridgehead atoms. The van der Waals surface area contributed by atoms with Crippen LogP contribution in [0.4, 0.5) is 0 Å². The van der Waals surface area contributed by atoms with E-state index < -0.39 is 0 Å². The minimum absolute atomic E-state index is 0.633. The van der Waals surface area contributed by atoms with Crippen molar-refractivity contribution >= 4 is 65.4 Å². The van der Waals surface area contributed by atoms with Crippen LogP contribution in [0, 0.1) is 0 Å². The third-order valence-corrected chi connectivity index (χ3v) is 12.5. The number of nitrogens with zero attached hydrogens (tertiary/aromatic N) is 3. The van der Waals surface area contributed by atoms with Gasteiger partial charge in [-0.15, -0.1) is 0 Å².